The molecule has 0 saturated carbocycles. The number of esters is 2. The maximum atomic E-state index is 14.2. The lowest BCUT2D eigenvalue weighted by atomic mass is 9.90. The molecule has 0 heterocycles. The van der Waals surface area contributed by atoms with E-state index in [0.29, 0.717) is 6.42 Å². The van der Waals surface area contributed by atoms with Gasteiger partial charge in [-0.05, 0) is 54.9 Å². The minimum atomic E-state index is -3.94. The molecular formula is C15H26F2O4. The summed E-state index contributed by atoms with van der Waals surface area (Å²) in [5.74, 6) is -6.43. The van der Waals surface area contributed by atoms with Crippen LogP contribution in [0.4, 0.5) is 8.78 Å². The second-order valence-electron chi connectivity index (χ2n) is 7.21. The molecule has 0 amide bonds. The maximum absolute atomic E-state index is 14.2. The van der Waals surface area contributed by atoms with E-state index in [1.165, 1.54) is 20.8 Å². The van der Waals surface area contributed by atoms with Crippen molar-refractivity contribution in [1.29, 1.82) is 0 Å². The zero-order valence-electron chi connectivity index (χ0n) is 14.1. The minimum Gasteiger partial charge on any atom is -0.455 e. The Morgan fingerprint density at radius 2 is 1.29 bits per heavy atom. The number of hydrogen-bond acceptors (Lipinski definition) is 4. The first-order chi connectivity index (χ1) is 9.07. The lowest BCUT2D eigenvalue weighted by molar-refractivity contribution is -0.228. The summed E-state index contributed by atoms with van der Waals surface area (Å²) in [5, 5.41) is 0. The molecule has 0 saturated heterocycles. The van der Waals surface area contributed by atoms with Gasteiger partial charge >= 0.3 is 17.9 Å². The summed E-state index contributed by atoms with van der Waals surface area (Å²) < 4.78 is 38.1. The van der Waals surface area contributed by atoms with Gasteiger partial charge in [-0.25, -0.2) is 4.79 Å². The van der Waals surface area contributed by atoms with Gasteiger partial charge in [0, 0.05) is 0 Å². The van der Waals surface area contributed by atoms with Crippen LogP contribution in [0.3, 0.4) is 0 Å². The van der Waals surface area contributed by atoms with E-state index >= 15 is 0 Å². The van der Waals surface area contributed by atoms with Crippen molar-refractivity contribution in [3.63, 3.8) is 0 Å². The van der Waals surface area contributed by atoms with Gasteiger partial charge < -0.3 is 9.47 Å². The van der Waals surface area contributed by atoms with E-state index in [1.807, 2.05) is 0 Å². The smallest absolute Gasteiger partial charge is 0.381 e. The standard InChI is InChI=1S/C15H26F2O4/c1-9-13(5,6)10(18)21-14(7,8)15(16,17)11(19)20-12(2,3)4/h9H2,1-8H3. The summed E-state index contributed by atoms with van der Waals surface area (Å²) in [6, 6.07) is 0. The molecule has 0 aliphatic carbocycles. The van der Waals surface area contributed by atoms with Gasteiger partial charge in [0.1, 0.15) is 5.60 Å². The molecule has 0 aromatic carbocycles. The van der Waals surface area contributed by atoms with Crippen LogP contribution in [0.25, 0.3) is 0 Å². The van der Waals surface area contributed by atoms with Gasteiger partial charge in [-0.2, -0.15) is 8.78 Å². The largest absolute Gasteiger partial charge is 0.455 e. The Morgan fingerprint density at radius 3 is 1.62 bits per heavy atom. The summed E-state index contributed by atoms with van der Waals surface area (Å²) in [6.07, 6.45) is 0.430. The van der Waals surface area contributed by atoms with Gasteiger partial charge in [0.25, 0.3) is 0 Å². The highest BCUT2D eigenvalue weighted by Gasteiger charge is 2.59. The second-order valence-corrected chi connectivity index (χ2v) is 7.21. The molecule has 0 bridgehead atoms. The summed E-state index contributed by atoms with van der Waals surface area (Å²) >= 11 is 0. The number of ether oxygens (including phenoxy) is 2. The van der Waals surface area contributed by atoms with Crippen molar-refractivity contribution >= 4 is 11.9 Å². The first-order valence-corrected chi connectivity index (χ1v) is 6.91. The van der Waals surface area contributed by atoms with Gasteiger partial charge in [-0.3, -0.25) is 4.79 Å². The molecular weight excluding hydrogens is 282 g/mol. The first kappa shape index (κ1) is 19.8. The van der Waals surface area contributed by atoms with Crippen LogP contribution in [0.2, 0.25) is 0 Å². The van der Waals surface area contributed by atoms with Gasteiger partial charge in [0.05, 0.1) is 5.41 Å². The Kier molecular flexibility index (Phi) is 5.55. The van der Waals surface area contributed by atoms with Crippen molar-refractivity contribution in [3.05, 3.63) is 0 Å². The quantitative estimate of drug-likeness (QED) is 0.726. The molecule has 0 N–H and O–H groups in total. The zero-order chi connectivity index (χ0) is 17.3. The van der Waals surface area contributed by atoms with Crippen LogP contribution in [0, 0.1) is 5.41 Å². The highest BCUT2D eigenvalue weighted by Crippen LogP contribution is 2.36. The van der Waals surface area contributed by atoms with Crippen LogP contribution >= 0.6 is 0 Å². The van der Waals surface area contributed by atoms with Crippen molar-refractivity contribution in [1.82, 2.24) is 0 Å². The van der Waals surface area contributed by atoms with E-state index in [9.17, 15) is 18.4 Å². The van der Waals surface area contributed by atoms with Crippen LogP contribution in [0.5, 0.6) is 0 Å². The predicted molar refractivity (Wildman–Crippen MR) is 75.0 cm³/mol. The topological polar surface area (TPSA) is 52.6 Å². The third-order valence-corrected chi connectivity index (χ3v) is 3.20. The van der Waals surface area contributed by atoms with E-state index < -0.39 is 34.5 Å². The van der Waals surface area contributed by atoms with Crippen molar-refractivity contribution in [2.24, 2.45) is 5.41 Å². The van der Waals surface area contributed by atoms with E-state index in [1.54, 1.807) is 20.8 Å². The summed E-state index contributed by atoms with van der Waals surface area (Å²) in [7, 11) is 0. The van der Waals surface area contributed by atoms with Gasteiger partial charge in [-0.15, -0.1) is 0 Å². The monoisotopic (exact) mass is 308 g/mol. The lowest BCUT2D eigenvalue weighted by Gasteiger charge is -2.35. The third kappa shape index (κ3) is 4.93. The molecule has 0 aliphatic heterocycles. The fraction of sp³-hybridized carbons (Fsp3) is 0.867. The van der Waals surface area contributed by atoms with Crippen LogP contribution < -0.4 is 0 Å². The van der Waals surface area contributed by atoms with Crippen molar-refractivity contribution < 1.29 is 27.8 Å². The van der Waals surface area contributed by atoms with Crippen LogP contribution in [0.1, 0.15) is 61.8 Å². The SMILES string of the molecule is CCC(C)(C)C(=O)OC(C)(C)C(F)(F)C(=O)OC(C)(C)C. The number of hydrogen-bond donors (Lipinski definition) is 0. The summed E-state index contributed by atoms with van der Waals surface area (Å²) in [5.41, 5.74) is -4.25. The highest BCUT2D eigenvalue weighted by atomic mass is 19.3. The Morgan fingerprint density at radius 1 is 0.857 bits per heavy atom. The van der Waals surface area contributed by atoms with Crippen molar-refractivity contribution in [2.45, 2.75) is 78.9 Å². The lowest BCUT2D eigenvalue weighted by Crippen LogP contribution is -2.55. The molecule has 0 radical (unpaired) electrons. The second kappa shape index (κ2) is 5.89. The highest BCUT2D eigenvalue weighted by molar-refractivity contribution is 5.81. The van der Waals surface area contributed by atoms with Crippen molar-refractivity contribution in [2.75, 3.05) is 0 Å². The zero-order valence-corrected chi connectivity index (χ0v) is 14.1. The fourth-order valence-electron chi connectivity index (χ4n) is 1.17. The van der Waals surface area contributed by atoms with Crippen LogP contribution in [-0.2, 0) is 19.1 Å². The molecule has 0 rings (SSSR count). The molecule has 0 aromatic heterocycles. The molecule has 0 aliphatic rings. The van der Waals surface area contributed by atoms with Gasteiger partial charge in [0.15, 0.2) is 5.60 Å². The Bertz CT molecular complexity index is 406. The Balaban J connectivity index is 5.21. The van der Waals surface area contributed by atoms with Crippen LogP contribution in [-0.4, -0.2) is 29.1 Å². The molecule has 124 valence electrons. The maximum Gasteiger partial charge on any atom is 0.381 e. The average molecular weight is 308 g/mol. The van der Waals surface area contributed by atoms with E-state index in [2.05, 4.69) is 0 Å². The van der Waals surface area contributed by atoms with E-state index in [-0.39, 0.29) is 0 Å². The summed E-state index contributed by atoms with van der Waals surface area (Å²) in [6.45, 7) is 11.4. The van der Waals surface area contributed by atoms with E-state index in [0.717, 1.165) is 13.8 Å². The summed E-state index contributed by atoms with van der Waals surface area (Å²) in [4.78, 5) is 23.6. The molecule has 0 fully saturated rings. The molecule has 0 spiro atoms. The normalized spacial score (nSPS) is 13.8. The number of rotatable bonds is 5. The number of halogens is 2. The van der Waals surface area contributed by atoms with Gasteiger partial charge in [-0.1, -0.05) is 6.92 Å². The molecule has 0 atom stereocenters. The molecule has 0 unspecified atom stereocenters. The fourth-order valence-corrected chi connectivity index (χ4v) is 1.17. The minimum absolute atomic E-state index is 0.430. The first-order valence-electron chi connectivity index (χ1n) is 6.91. The third-order valence-electron chi connectivity index (χ3n) is 3.20. The predicted octanol–water partition coefficient (Wildman–Crippen LogP) is 3.72. The van der Waals surface area contributed by atoms with Crippen LogP contribution in [0.15, 0.2) is 0 Å². The number of alkyl halides is 2. The average Bonchev–Trinajstić information content (AvgIpc) is 2.25. The van der Waals surface area contributed by atoms with E-state index in [4.69, 9.17) is 9.47 Å². The molecule has 6 heteroatoms. The van der Waals surface area contributed by atoms with Crippen molar-refractivity contribution in [3.8, 4) is 0 Å². The number of carbonyl (C=O) groups is 2. The number of carbonyl (C=O) groups excluding carboxylic acids is 2. The Labute approximate surface area is 125 Å². The molecule has 0 aromatic rings. The Hall–Kier alpha value is -1.20. The molecule has 21 heavy (non-hydrogen) atoms. The van der Waals surface area contributed by atoms with Gasteiger partial charge in [0.2, 0.25) is 0 Å². The molecule has 4 nitrogen and oxygen atoms in total.